The lowest BCUT2D eigenvalue weighted by Gasteiger charge is -2.38. The van der Waals surface area contributed by atoms with Gasteiger partial charge in [-0.1, -0.05) is 12.1 Å². The van der Waals surface area contributed by atoms with Crippen LogP contribution in [0.25, 0.3) is 0 Å². The molecule has 24 heavy (non-hydrogen) atoms. The molecule has 1 aliphatic heterocycles. The van der Waals surface area contributed by atoms with Gasteiger partial charge in [0.2, 0.25) is 5.76 Å². The van der Waals surface area contributed by atoms with Crippen molar-refractivity contribution in [3.63, 3.8) is 0 Å². The molecule has 0 saturated carbocycles. The Morgan fingerprint density at radius 2 is 1.92 bits per heavy atom. The van der Waals surface area contributed by atoms with Crippen LogP contribution in [0.5, 0.6) is 0 Å². The molecule has 1 fully saturated rings. The van der Waals surface area contributed by atoms with Crippen molar-refractivity contribution < 1.29 is 23.1 Å². The Balaban J connectivity index is 1.76. The van der Waals surface area contributed by atoms with Gasteiger partial charge in [0, 0.05) is 18.8 Å². The predicted molar refractivity (Wildman–Crippen MR) is 85.0 cm³/mol. The number of carbonyl (C=O) groups is 1. The van der Waals surface area contributed by atoms with Crippen LogP contribution < -0.4 is 5.32 Å². The van der Waals surface area contributed by atoms with E-state index in [-0.39, 0.29) is 17.1 Å². The third-order valence-electron chi connectivity index (χ3n) is 4.39. The summed E-state index contributed by atoms with van der Waals surface area (Å²) in [5.41, 5.74) is 0.719. The number of rotatable bonds is 5. The highest BCUT2D eigenvalue weighted by Crippen LogP contribution is 2.32. The lowest BCUT2D eigenvalue weighted by atomic mass is 9.82. The number of nitrogens with one attached hydrogen (secondary N) is 1. The first-order valence-electron chi connectivity index (χ1n) is 7.89. The van der Waals surface area contributed by atoms with Crippen molar-refractivity contribution in [1.29, 1.82) is 0 Å². The highest BCUT2D eigenvalue weighted by atomic mass is 19.1. The summed E-state index contributed by atoms with van der Waals surface area (Å²) < 4.78 is 28.8. The van der Waals surface area contributed by atoms with Crippen molar-refractivity contribution in [2.45, 2.75) is 24.9 Å². The van der Waals surface area contributed by atoms with Crippen molar-refractivity contribution in [2.75, 3.05) is 20.3 Å². The zero-order chi connectivity index (χ0) is 17.0. The van der Waals surface area contributed by atoms with Crippen molar-refractivity contribution in [3.8, 4) is 0 Å². The molecule has 0 spiro atoms. The molecule has 0 amide bonds. The largest absolute Gasteiger partial charge is 0.463 e. The molecule has 1 aromatic carbocycles. The van der Waals surface area contributed by atoms with Crippen molar-refractivity contribution in [1.82, 2.24) is 5.32 Å². The molecule has 1 aromatic heterocycles. The molecule has 128 valence electrons. The van der Waals surface area contributed by atoms with E-state index in [2.05, 4.69) is 10.1 Å². The van der Waals surface area contributed by atoms with E-state index in [9.17, 15) is 9.18 Å². The van der Waals surface area contributed by atoms with Crippen LogP contribution in [-0.4, -0.2) is 26.3 Å². The van der Waals surface area contributed by atoms with Gasteiger partial charge in [0.1, 0.15) is 11.6 Å². The van der Waals surface area contributed by atoms with Gasteiger partial charge in [-0.3, -0.25) is 0 Å². The second-order valence-corrected chi connectivity index (χ2v) is 5.81. The molecule has 1 saturated heterocycles. The van der Waals surface area contributed by atoms with Gasteiger partial charge < -0.3 is 19.2 Å². The predicted octanol–water partition coefficient (Wildman–Crippen LogP) is 3.00. The third kappa shape index (κ3) is 3.49. The maximum Gasteiger partial charge on any atom is 0.373 e. The summed E-state index contributed by atoms with van der Waals surface area (Å²) in [6.07, 6.45) is 1.56. The molecule has 2 heterocycles. The van der Waals surface area contributed by atoms with Gasteiger partial charge >= 0.3 is 5.97 Å². The molecular weight excluding hydrogens is 313 g/mol. The van der Waals surface area contributed by atoms with E-state index in [0.717, 1.165) is 18.4 Å². The lowest BCUT2D eigenvalue weighted by Crippen LogP contribution is -2.46. The van der Waals surface area contributed by atoms with Crippen LogP contribution in [0.3, 0.4) is 0 Å². The number of methoxy groups -OCH3 is 1. The number of hydrogen-bond donors (Lipinski definition) is 1. The fourth-order valence-corrected chi connectivity index (χ4v) is 3.00. The van der Waals surface area contributed by atoms with Gasteiger partial charge in [0.05, 0.1) is 13.7 Å². The Morgan fingerprint density at radius 3 is 2.58 bits per heavy atom. The van der Waals surface area contributed by atoms with Crippen LogP contribution in [0.1, 0.15) is 34.7 Å². The summed E-state index contributed by atoms with van der Waals surface area (Å²) >= 11 is 0. The van der Waals surface area contributed by atoms with E-state index < -0.39 is 5.97 Å². The van der Waals surface area contributed by atoms with Crippen LogP contribution in [0.2, 0.25) is 0 Å². The van der Waals surface area contributed by atoms with Gasteiger partial charge in [-0.05, 0) is 42.7 Å². The Labute approximate surface area is 139 Å². The SMILES string of the molecule is COC(=O)c1ccc(CNC2(c3ccc(F)cc3)CCOCC2)o1. The van der Waals surface area contributed by atoms with E-state index in [1.165, 1.54) is 19.2 Å². The summed E-state index contributed by atoms with van der Waals surface area (Å²) in [5, 5.41) is 3.51. The summed E-state index contributed by atoms with van der Waals surface area (Å²) in [7, 11) is 1.31. The van der Waals surface area contributed by atoms with Gasteiger partial charge in [0.25, 0.3) is 0 Å². The molecular formula is C18H20FNO4. The van der Waals surface area contributed by atoms with E-state index in [4.69, 9.17) is 9.15 Å². The summed E-state index contributed by atoms with van der Waals surface area (Å²) in [4.78, 5) is 11.5. The smallest absolute Gasteiger partial charge is 0.373 e. The zero-order valence-corrected chi connectivity index (χ0v) is 13.5. The first-order chi connectivity index (χ1) is 11.6. The van der Waals surface area contributed by atoms with E-state index in [0.29, 0.717) is 25.5 Å². The van der Waals surface area contributed by atoms with Crippen LogP contribution in [-0.2, 0) is 21.6 Å². The molecule has 3 rings (SSSR count). The Kier molecular flexibility index (Phi) is 4.97. The number of hydrogen-bond acceptors (Lipinski definition) is 5. The van der Waals surface area contributed by atoms with Crippen molar-refractivity contribution in [3.05, 3.63) is 59.3 Å². The molecule has 6 heteroatoms. The zero-order valence-electron chi connectivity index (χ0n) is 13.5. The summed E-state index contributed by atoms with van der Waals surface area (Å²) in [5.74, 6) is 0.0655. The van der Waals surface area contributed by atoms with E-state index in [1.807, 2.05) is 0 Å². The number of carbonyl (C=O) groups excluding carboxylic acids is 1. The first-order valence-corrected chi connectivity index (χ1v) is 7.89. The Bertz CT molecular complexity index is 689. The summed E-state index contributed by atoms with van der Waals surface area (Å²) in [6, 6.07) is 9.88. The van der Waals surface area contributed by atoms with Crippen molar-refractivity contribution >= 4 is 5.97 Å². The van der Waals surface area contributed by atoms with Gasteiger partial charge in [0.15, 0.2) is 0 Å². The maximum atomic E-state index is 13.2. The molecule has 0 unspecified atom stereocenters. The number of ether oxygens (including phenoxy) is 2. The minimum absolute atomic E-state index is 0.178. The summed E-state index contributed by atoms with van der Waals surface area (Å²) in [6.45, 7) is 1.72. The number of benzene rings is 1. The first kappa shape index (κ1) is 16.7. The van der Waals surface area contributed by atoms with E-state index in [1.54, 1.807) is 24.3 Å². The molecule has 0 aliphatic carbocycles. The molecule has 5 nitrogen and oxygen atoms in total. The van der Waals surface area contributed by atoms with E-state index >= 15 is 0 Å². The molecule has 0 radical (unpaired) electrons. The highest BCUT2D eigenvalue weighted by molar-refractivity contribution is 5.86. The fourth-order valence-electron chi connectivity index (χ4n) is 3.00. The lowest BCUT2D eigenvalue weighted by molar-refractivity contribution is 0.0349. The minimum Gasteiger partial charge on any atom is -0.463 e. The van der Waals surface area contributed by atoms with Crippen molar-refractivity contribution in [2.24, 2.45) is 0 Å². The highest BCUT2D eigenvalue weighted by Gasteiger charge is 2.34. The average molecular weight is 333 g/mol. The van der Waals surface area contributed by atoms with Gasteiger partial charge in [-0.2, -0.15) is 0 Å². The quantitative estimate of drug-likeness (QED) is 0.853. The minimum atomic E-state index is -0.499. The number of furan rings is 1. The molecule has 2 aromatic rings. The monoisotopic (exact) mass is 333 g/mol. The normalized spacial score (nSPS) is 16.8. The van der Waals surface area contributed by atoms with Gasteiger partial charge in [-0.15, -0.1) is 0 Å². The Hall–Kier alpha value is -2.18. The number of esters is 1. The number of halogens is 1. The van der Waals surface area contributed by atoms with Crippen LogP contribution in [0, 0.1) is 5.82 Å². The van der Waals surface area contributed by atoms with Gasteiger partial charge in [-0.25, -0.2) is 9.18 Å². The maximum absolute atomic E-state index is 13.2. The molecule has 1 aliphatic rings. The topological polar surface area (TPSA) is 60.7 Å². The van der Waals surface area contributed by atoms with Crippen LogP contribution >= 0.6 is 0 Å². The molecule has 0 atom stereocenters. The standard InChI is InChI=1S/C18H20FNO4/c1-22-17(21)16-7-6-15(24-16)12-20-18(8-10-23-11-9-18)13-2-4-14(19)5-3-13/h2-7,20H,8-12H2,1H3. The molecule has 0 bridgehead atoms. The van der Waals surface area contributed by atoms with Crippen LogP contribution in [0.15, 0.2) is 40.8 Å². The average Bonchev–Trinajstić information content (AvgIpc) is 3.10. The second-order valence-electron chi connectivity index (χ2n) is 5.81. The second kappa shape index (κ2) is 7.15. The molecule has 1 N–H and O–H groups in total. The fraction of sp³-hybridized carbons (Fsp3) is 0.389. The third-order valence-corrected chi connectivity index (χ3v) is 4.39. The Morgan fingerprint density at radius 1 is 1.21 bits per heavy atom. The van der Waals surface area contributed by atoms with Crippen LogP contribution in [0.4, 0.5) is 4.39 Å².